The van der Waals surface area contributed by atoms with E-state index in [0.717, 1.165) is 0 Å². The second-order valence-corrected chi connectivity index (χ2v) is 7.90. The zero-order valence-corrected chi connectivity index (χ0v) is 16.6. The van der Waals surface area contributed by atoms with Crippen LogP contribution in [0.4, 0.5) is 4.79 Å². The summed E-state index contributed by atoms with van der Waals surface area (Å²) >= 11 is 1.35. The van der Waals surface area contributed by atoms with Gasteiger partial charge in [-0.1, -0.05) is 0 Å². The summed E-state index contributed by atoms with van der Waals surface area (Å²) in [5.74, 6) is -0.727. The number of carboxylic acid groups (broad SMARTS) is 1. The first kappa shape index (κ1) is 20.8. The molecule has 146 valence electrons. The minimum atomic E-state index is -1.25. The van der Waals surface area contributed by atoms with Crippen LogP contribution in [-0.4, -0.2) is 44.6 Å². The van der Waals surface area contributed by atoms with Crippen LogP contribution >= 0.6 is 11.8 Å². The number of thioether (sulfide) groups is 1. The quantitative estimate of drug-likeness (QED) is 0.573. The normalized spacial score (nSPS) is 11.4. The maximum Gasteiger partial charge on any atom is 0.407 e. The van der Waals surface area contributed by atoms with Gasteiger partial charge in [-0.3, -0.25) is 4.79 Å². The molecule has 0 aliphatic carbocycles. The molecule has 8 nitrogen and oxygen atoms in total. The highest BCUT2D eigenvalue weighted by atomic mass is 32.2. The van der Waals surface area contributed by atoms with Gasteiger partial charge in [0, 0.05) is 25.0 Å². The lowest BCUT2D eigenvalue weighted by Gasteiger charge is -2.19. The van der Waals surface area contributed by atoms with Crippen molar-refractivity contribution >= 4 is 34.7 Å². The van der Waals surface area contributed by atoms with Crippen molar-refractivity contribution < 1.29 is 19.4 Å². The van der Waals surface area contributed by atoms with Crippen molar-refractivity contribution in [3.05, 3.63) is 34.2 Å². The summed E-state index contributed by atoms with van der Waals surface area (Å²) in [6, 6.07) is 1.59. The molecule has 27 heavy (non-hydrogen) atoms. The molecule has 9 heteroatoms. The summed E-state index contributed by atoms with van der Waals surface area (Å²) < 4.78 is 6.84. The molecule has 0 unspecified atom stereocenters. The molecule has 0 bridgehead atoms. The van der Waals surface area contributed by atoms with Gasteiger partial charge < -0.3 is 19.7 Å². The van der Waals surface area contributed by atoms with Crippen molar-refractivity contribution in [1.82, 2.24) is 14.9 Å². The first-order valence-corrected chi connectivity index (χ1v) is 9.47. The number of carbonyl (C=O) groups excluding carboxylic acids is 1. The van der Waals surface area contributed by atoms with Crippen molar-refractivity contribution in [2.45, 2.75) is 44.9 Å². The number of aromatic nitrogens is 2. The van der Waals surface area contributed by atoms with Crippen LogP contribution in [0.15, 0.2) is 28.3 Å². The zero-order chi connectivity index (χ0) is 20.2. The molecule has 1 amide bonds. The molecule has 0 radical (unpaired) electrons. The average Bonchev–Trinajstić information content (AvgIpc) is 2.57. The van der Waals surface area contributed by atoms with E-state index in [4.69, 9.17) is 4.74 Å². The van der Waals surface area contributed by atoms with Gasteiger partial charge in [0.15, 0.2) is 0 Å². The van der Waals surface area contributed by atoms with Gasteiger partial charge in [-0.25, -0.2) is 14.6 Å². The Morgan fingerprint density at radius 1 is 1.37 bits per heavy atom. The van der Waals surface area contributed by atoms with Crippen molar-refractivity contribution in [2.75, 3.05) is 12.3 Å². The predicted molar refractivity (Wildman–Crippen MR) is 104 cm³/mol. The summed E-state index contributed by atoms with van der Waals surface area (Å²) in [7, 11) is 0. The maximum absolute atomic E-state index is 12.4. The van der Waals surface area contributed by atoms with Gasteiger partial charge in [-0.2, -0.15) is 0 Å². The van der Waals surface area contributed by atoms with Crippen molar-refractivity contribution in [3.63, 3.8) is 0 Å². The first-order chi connectivity index (χ1) is 12.6. The molecule has 2 aromatic rings. The number of aromatic carboxylic acids is 1. The van der Waals surface area contributed by atoms with Crippen molar-refractivity contribution in [1.29, 1.82) is 0 Å². The minimum Gasteiger partial charge on any atom is -0.477 e. The number of amides is 1. The van der Waals surface area contributed by atoms with Crippen molar-refractivity contribution in [3.8, 4) is 0 Å². The Labute approximate surface area is 160 Å². The van der Waals surface area contributed by atoms with Gasteiger partial charge in [0.05, 0.1) is 22.1 Å². The standard InChI is InChI=1S/C18H23N3O5S/c1-5-21-10-12(16(23)24)15(22)11-8-14(20-9-13(11)21)27-7-6-19-17(25)26-18(2,3)4/h8-10H,5-7H2,1-4H3,(H,19,25)(H,23,24). The summed E-state index contributed by atoms with van der Waals surface area (Å²) in [6.07, 6.45) is 2.41. The fourth-order valence-corrected chi connectivity index (χ4v) is 3.13. The second-order valence-electron chi connectivity index (χ2n) is 6.78. The van der Waals surface area contributed by atoms with E-state index in [9.17, 15) is 19.5 Å². The Morgan fingerprint density at radius 2 is 2.07 bits per heavy atom. The number of pyridine rings is 2. The Hall–Kier alpha value is -2.55. The number of nitrogens with one attached hydrogen (secondary N) is 1. The number of hydrogen-bond acceptors (Lipinski definition) is 6. The largest absolute Gasteiger partial charge is 0.477 e. The number of hydrogen-bond donors (Lipinski definition) is 2. The van der Waals surface area contributed by atoms with Gasteiger partial charge in [-0.15, -0.1) is 11.8 Å². The number of rotatable bonds is 6. The van der Waals surface area contributed by atoms with E-state index in [1.165, 1.54) is 18.0 Å². The molecular weight excluding hydrogens is 370 g/mol. The average molecular weight is 393 g/mol. The molecule has 2 heterocycles. The van der Waals surface area contributed by atoms with Crippen LogP contribution in [0.5, 0.6) is 0 Å². The highest BCUT2D eigenvalue weighted by molar-refractivity contribution is 7.99. The first-order valence-electron chi connectivity index (χ1n) is 8.48. The van der Waals surface area contributed by atoms with Crippen LogP contribution in [0, 0.1) is 0 Å². The molecule has 0 saturated heterocycles. The number of nitrogens with zero attached hydrogens (tertiary/aromatic N) is 2. The van der Waals surface area contributed by atoms with E-state index in [-0.39, 0.29) is 5.56 Å². The molecular formula is C18H23N3O5S. The lowest BCUT2D eigenvalue weighted by Crippen LogP contribution is -2.33. The third-order valence-corrected chi connectivity index (χ3v) is 4.46. The predicted octanol–water partition coefficient (Wildman–Crippen LogP) is 2.73. The minimum absolute atomic E-state index is 0.266. The number of carboxylic acids is 1. The molecule has 0 aliphatic heterocycles. The monoisotopic (exact) mass is 393 g/mol. The van der Waals surface area contributed by atoms with Crippen LogP contribution in [0.25, 0.3) is 10.9 Å². The molecule has 0 atom stereocenters. The molecule has 2 rings (SSSR count). The Bertz CT molecular complexity index is 918. The van der Waals surface area contributed by atoms with Crippen LogP contribution in [0.2, 0.25) is 0 Å². The number of carbonyl (C=O) groups is 2. The molecule has 0 fully saturated rings. The number of alkyl carbamates (subject to hydrolysis) is 1. The molecule has 2 aromatic heterocycles. The highest BCUT2D eigenvalue weighted by Crippen LogP contribution is 2.20. The molecule has 0 aromatic carbocycles. The van der Waals surface area contributed by atoms with Crippen LogP contribution in [-0.2, 0) is 11.3 Å². The van der Waals surface area contributed by atoms with Crippen LogP contribution in [0.3, 0.4) is 0 Å². The Balaban J connectivity index is 2.12. The summed E-state index contributed by atoms with van der Waals surface area (Å²) in [4.78, 5) is 39.7. The van der Waals surface area contributed by atoms with E-state index in [1.54, 1.807) is 37.6 Å². The molecule has 2 N–H and O–H groups in total. The van der Waals surface area contributed by atoms with Gasteiger partial charge in [0.2, 0.25) is 5.43 Å². The molecule has 0 spiro atoms. The topological polar surface area (TPSA) is 111 Å². The lowest BCUT2D eigenvalue weighted by molar-refractivity contribution is 0.0530. The highest BCUT2D eigenvalue weighted by Gasteiger charge is 2.16. The SMILES string of the molecule is CCn1cc(C(=O)O)c(=O)c2cc(SCCNC(=O)OC(C)(C)C)ncc21. The van der Waals surface area contributed by atoms with Gasteiger partial charge in [-0.05, 0) is 33.8 Å². The van der Waals surface area contributed by atoms with E-state index in [1.807, 2.05) is 6.92 Å². The summed E-state index contributed by atoms with van der Waals surface area (Å²) in [5.41, 5.74) is -0.766. The zero-order valence-electron chi connectivity index (χ0n) is 15.7. The van der Waals surface area contributed by atoms with Crippen molar-refractivity contribution in [2.24, 2.45) is 0 Å². The third-order valence-electron chi connectivity index (χ3n) is 3.53. The van der Waals surface area contributed by atoms with Crippen LogP contribution < -0.4 is 10.7 Å². The van der Waals surface area contributed by atoms with Crippen LogP contribution in [0.1, 0.15) is 38.1 Å². The molecule has 0 aliphatic rings. The fourth-order valence-electron chi connectivity index (χ4n) is 2.38. The number of ether oxygens (including phenoxy) is 1. The molecule has 0 saturated carbocycles. The maximum atomic E-state index is 12.4. The summed E-state index contributed by atoms with van der Waals surface area (Å²) in [6.45, 7) is 8.11. The van der Waals surface area contributed by atoms with E-state index in [2.05, 4.69) is 10.3 Å². The fraction of sp³-hybridized carbons (Fsp3) is 0.444. The smallest absolute Gasteiger partial charge is 0.407 e. The Kier molecular flexibility index (Phi) is 6.48. The third kappa shape index (κ3) is 5.46. The van der Waals surface area contributed by atoms with E-state index in [0.29, 0.717) is 34.8 Å². The number of aryl methyl sites for hydroxylation is 1. The van der Waals surface area contributed by atoms with Gasteiger partial charge >= 0.3 is 12.1 Å². The lowest BCUT2D eigenvalue weighted by atomic mass is 10.2. The van der Waals surface area contributed by atoms with Gasteiger partial charge in [0.1, 0.15) is 11.2 Å². The summed E-state index contributed by atoms with van der Waals surface area (Å²) in [5, 5.41) is 12.8. The van der Waals surface area contributed by atoms with E-state index >= 15 is 0 Å². The Morgan fingerprint density at radius 3 is 2.67 bits per heavy atom. The second kappa shape index (κ2) is 8.43. The van der Waals surface area contributed by atoms with Gasteiger partial charge in [0.25, 0.3) is 0 Å². The number of fused-ring (bicyclic) bond motifs is 1. The van der Waals surface area contributed by atoms with E-state index < -0.39 is 23.1 Å².